The van der Waals surface area contributed by atoms with Gasteiger partial charge in [0.15, 0.2) is 15.8 Å². The molecule has 1 aromatic rings. The molecule has 1 heterocycles. The number of aryl methyl sites for hydroxylation is 1. The number of sulfone groups is 1. The summed E-state index contributed by atoms with van der Waals surface area (Å²) in [6, 6.07) is 4.75. The molecule has 0 aliphatic carbocycles. The maximum absolute atomic E-state index is 11.7. The highest BCUT2D eigenvalue weighted by Gasteiger charge is 2.27. The zero-order valence-electron chi connectivity index (χ0n) is 16.1. The first kappa shape index (κ1) is 24.1. The van der Waals surface area contributed by atoms with Crippen molar-refractivity contribution in [1.29, 1.82) is 0 Å². The molecular weight excluding hydrogens is 497 g/mol. The van der Waals surface area contributed by atoms with Gasteiger partial charge in [-0.1, -0.05) is 12.1 Å². The fraction of sp³-hybridized carbons (Fsp3) is 0.471. The average Bonchev–Trinajstić information content (AvgIpc) is 2.90. The molecule has 1 aliphatic heterocycles. The van der Waals surface area contributed by atoms with Crippen LogP contribution in [0.3, 0.4) is 0 Å². The Balaban J connectivity index is 0.00000392. The molecule has 0 aromatic heterocycles. The third-order valence-corrected chi connectivity index (χ3v) is 5.22. The molecule has 3 amide bonds. The monoisotopic (exact) mass is 523 g/mol. The molecule has 1 saturated heterocycles. The van der Waals surface area contributed by atoms with Crippen molar-refractivity contribution in [3.8, 4) is 0 Å². The molecule has 1 aromatic carbocycles. The Kier molecular flexibility index (Phi) is 9.14. The molecule has 9 nitrogen and oxygen atoms in total. The number of hydrogen-bond acceptors (Lipinski definition) is 5. The number of nitrogens with one attached hydrogen (secondary N) is 3. The topological polar surface area (TPSA) is 120 Å². The molecular formula is C17H26IN5O4S. The number of benzene rings is 1. The Morgan fingerprint density at radius 2 is 2.00 bits per heavy atom. The van der Waals surface area contributed by atoms with Crippen LogP contribution in [0, 0.1) is 6.92 Å². The second-order valence-corrected chi connectivity index (χ2v) is 8.18. The van der Waals surface area contributed by atoms with Gasteiger partial charge in [-0.2, -0.15) is 0 Å². The van der Waals surface area contributed by atoms with E-state index >= 15 is 0 Å². The molecule has 156 valence electrons. The average molecular weight is 523 g/mol. The lowest BCUT2D eigenvalue weighted by atomic mass is 10.1. The lowest BCUT2D eigenvalue weighted by Crippen LogP contribution is -2.43. The SMILES string of the molecule is CCNC(=NCc1ccc(S(C)(=O)=O)c(C)c1)NCCN1C(=O)CNC1=O.I. The van der Waals surface area contributed by atoms with Crippen LogP contribution in [0.1, 0.15) is 18.1 Å². The first-order chi connectivity index (χ1) is 12.7. The van der Waals surface area contributed by atoms with Crippen molar-refractivity contribution >= 4 is 51.7 Å². The summed E-state index contributed by atoms with van der Waals surface area (Å²) >= 11 is 0. The normalized spacial score (nSPS) is 14.5. The van der Waals surface area contributed by atoms with E-state index in [1.807, 2.05) is 6.92 Å². The Labute approximate surface area is 182 Å². The first-order valence-corrected chi connectivity index (χ1v) is 10.5. The fourth-order valence-electron chi connectivity index (χ4n) is 2.71. The molecule has 11 heteroatoms. The summed E-state index contributed by atoms with van der Waals surface area (Å²) in [5, 5.41) is 8.64. The first-order valence-electron chi connectivity index (χ1n) is 8.62. The minimum absolute atomic E-state index is 0. The van der Waals surface area contributed by atoms with Crippen LogP contribution in [0.25, 0.3) is 0 Å². The lowest BCUT2D eigenvalue weighted by Gasteiger charge is -2.15. The van der Waals surface area contributed by atoms with Crippen LogP contribution in [0.4, 0.5) is 4.79 Å². The summed E-state index contributed by atoms with van der Waals surface area (Å²) in [4.78, 5) is 29.0. The van der Waals surface area contributed by atoms with Crippen molar-refractivity contribution < 1.29 is 18.0 Å². The van der Waals surface area contributed by atoms with Crippen molar-refractivity contribution in [3.05, 3.63) is 29.3 Å². The minimum Gasteiger partial charge on any atom is -0.357 e. The van der Waals surface area contributed by atoms with Gasteiger partial charge in [-0.15, -0.1) is 24.0 Å². The van der Waals surface area contributed by atoms with E-state index in [4.69, 9.17) is 0 Å². The van der Waals surface area contributed by atoms with Gasteiger partial charge in [-0.25, -0.2) is 18.2 Å². The third kappa shape index (κ3) is 6.62. The molecule has 0 bridgehead atoms. The lowest BCUT2D eigenvalue weighted by molar-refractivity contribution is -0.124. The van der Waals surface area contributed by atoms with Crippen LogP contribution < -0.4 is 16.0 Å². The predicted molar refractivity (Wildman–Crippen MR) is 118 cm³/mol. The van der Waals surface area contributed by atoms with Crippen molar-refractivity contribution in [1.82, 2.24) is 20.9 Å². The van der Waals surface area contributed by atoms with Crippen LogP contribution in [-0.2, 0) is 21.2 Å². The summed E-state index contributed by atoms with van der Waals surface area (Å²) in [5.74, 6) is 0.305. The molecule has 0 atom stereocenters. The number of urea groups is 1. The Morgan fingerprint density at radius 3 is 2.54 bits per heavy atom. The molecule has 0 saturated carbocycles. The van der Waals surface area contributed by atoms with E-state index in [0.29, 0.717) is 36.1 Å². The number of amides is 3. The number of aliphatic imine (C=N–C) groups is 1. The van der Waals surface area contributed by atoms with E-state index in [0.717, 1.165) is 10.5 Å². The van der Waals surface area contributed by atoms with Gasteiger partial charge in [0.2, 0.25) is 5.91 Å². The van der Waals surface area contributed by atoms with Crippen molar-refractivity contribution in [2.24, 2.45) is 4.99 Å². The Hall–Kier alpha value is -1.89. The van der Waals surface area contributed by atoms with E-state index in [2.05, 4.69) is 20.9 Å². The van der Waals surface area contributed by atoms with Gasteiger partial charge in [-0.3, -0.25) is 9.69 Å². The number of nitrogens with zero attached hydrogens (tertiary/aromatic N) is 2. The van der Waals surface area contributed by atoms with E-state index in [1.54, 1.807) is 25.1 Å². The van der Waals surface area contributed by atoms with Gasteiger partial charge in [0.05, 0.1) is 18.0 Å². The zero-order valence-corrected chi connectivity index (χ0v) is 19.3. The Morgan fingerprint density at radius 1 is 1.29 bits per heavy atom. The summed E-state index contributed by atoms with van der Waals surface area (Å²) in [6.07, 6.45) is 1.19. The highest BCUT2D eigenvalue weighted by Crippen LogP contribution is 2.17. The molecule has 0 spiro atoms. The number of guanidine groups is 1. The number of halogens is 1. The maximum Gasteiger partial charge on any atom is 0.324 e. The second kappa shape index (κ2) is 10.6. The molecule has 2 rings (SSSR count). The minimum atomic E-state index is -3.24. The number of carbonyl (C=O) groups excluding carboxylic acids is 2. The summed E-state index contributed by atoms with van der Waals surface area (Å²) < 4.78 is 23.4. The van der Waals surface area contributed by atoms with Gasteiger partial charge in [0.1, 0.15) is 0 Å². The molecule has 28 heavy (non-hydrogen) atoms. The van der Waals surface area contributed by atoms with Gasteiger partial charge in [-0.05, 0) is 31.0 Å². The maximum atomic E-state index is 11.7. The van der Waals surface area contributed by atoms with Gasteiger partial charge in [0, 0.05) is 25.9 Å². The van der Waals surface area contributed by atoms with E-state index in [9.17, 15) is 18.0 Å². The number of rotatable bonds is 7. The van der Waals surface area contributed by atoms with Gasteiger partial charge < -0.3 is 16.0 Å². The van der Waals surface area contributed by atoms with Crippen molar-refractivity contribution in [3.63, 3.8) is 0 Å². The Bertz CT molecular complexity index is 841. The fourth-order valence-corrected chi connectivity index (χ4v) is 3.66. The number of imide groups is 1. The van der Waals surface area contributed by atoms with Crippen molar-refractivity contribution in [2.45, 2.75) is 25.3 Å². The predicted octanol–water partition coefficient (Wildman–Crippen LogP) is 0.623. The summed E-state index contributed by atoms with van der Waals surface area (Å²) in [6.45, 7) is 5.36. The van der Waals surface area contributed by atoms with E-state index in [1.165, 1.54) is 6.26 Å². The van der Waals surface area contributed by atoms with Crippen LogP contribution >= 0.6 is 24.0 Å². The van der Waals surface area contributed by atoms with E-state index in [-0.39, 0.29) is 49.0 Å². The standard InChI is InChI=1S/C17H25N5O4S.HI/c1-4-18-16(19-7-8-22-15(23)11-21-17(22)24)20-10-13-5-6-14(12(2)9-13)27(3,25)26;/h5-6,9H,4,7-8,10-11H2,1-3H3,(H,21,24)(H2,18,19,20);1H. The van der Waals surface area contributed by atoms with E-state index < -0.39 is 9.84 Å². The quantitative estimate of drug-likeness (QED) is 0.209. The number of carbonyl (C=O) groups is 2. The largest absolute Gasteiger partial charge is 0.357 e. The van der Waals surface area contributed by atoms with Crippen LogP contribution in [-0.4, -0.2) is 63.7 Å². The van der Waals surface area contributed by atoms with Crippen LogP contribution in [0.2, 0.25) is 0 Å². The summed E-state index contributed by atoms with van der Waals surface area (Å²) in [7, 11) is -3.24. The number of hydrogen-bond donors (Lipinski definition) is 3. The molecule has 1 aliphatic rings. The molecule has 0 radical (unpaired) electrons. The zero-order chi connectivity index (χ0) is 20.0. The second-order valence-electron chi connectivity index (χ2n) is 6.20. The third-order valence-electron chi connectivity index (χ3n) is 3.97. The highest BCUT2D eigenvalue weighted by atomic mass is 127. The van der Waals surface area contributed by atoms with Gasteiger partial charge >= 0.3 is 6.03 Å². The smallest absolute Gasteiger partial charge is 0.324 e. The van der Waals surface area contributed by atoms with Crippen molar-refractivity contribution in [2.75, 3.05) is 32.4 Å². The summed E-state index contributed by atoms with van der Waals surface area (Å²) in [5.41, 5.74) is 1.56. The molecule has 3 N–H and O–H groups in total. The molecule has 0 unspecified atom stereocenters. The van der Waals surface area contributed by atoms with Crippen LogP contribution in [0.5, 0.6) is 0 Å². The molecule has 1 fully saturated rings. The highest BCUT2D eigenvalue weighted by molar-refractivity contribution is 14.0. The van der Waals surface area contributed by atoms with Crippen LogP contribution in [0.15, 0.2) is 28.1 Å². The van der Waals surface area contributed by atoms with Gasteiger partial charge in [0.25, 0.3) is 0 Å².